The Kier molecular flexibility index (Phi) is 7.28. The van der Waals surface area contributed by atoms with Gasteiger partial charge in [-0.3, -0.25) is 14.6 Å². The van der Waals surface area contributed by atoms with Crippen molar-refractivity contribution in [2.24, 2.45) is 5.92 Å². The molecule has 0 radical (unpaired) electrons. The van der Waals surface area contributed by atoms with Gasteiger partial charge in [0, 0.05) is 13.2 Å². The third-order valence-corrected chi connectivity index (χ3v) is 6.17. The highest BCUT2D eigenvalue weighted by Gasteiger charge is 2.33. The largest absolute Gasteiger partial charge is 0.366 e. The Balaban J connectivity index is 1.83. The van der Waals surface area contributed by atoms with E-state index in [1.54, 1.807) is 36.5 Å². The summed E-state index contributed by atoms with van der Waals surface area (Å²) >= 11 is 7.39. The highest BCUT2D eigenvalue weighted by molar-refractivity contribution is 7.12. The average molecular weight is 421 g/mol. The van der Waals surface area contributed by atoms with Gasteiger partial charge in [-0.05, 0) is 29.9 Å². The first kappa shape index (κ1) is 20.6. The molecule has 2 N–H and O–H groups in total. The van der Waals surface area contributed by atoms with E-state index in [9.17, 15) is 9.59 Å². The van der Waals surface area contributed by atoms with E-state index >= 15 is 0 Å². The van der Waals surface area contributed by atoms with Crippen LogP contribution >= 0.6 is 22.9 Å². The minimum absolute atomic E-state index is 0.136. The lowest BCUT2D eigenvalue weighted by molar-refractivity contribution is -0.125. The zero-order valence-electron chi connectivity index (χ0n) is 15.9. The Morgan fingerprint density at radius 3 is 2.79 bits per heavy atom. The number of carbonyl (C=O) groups is 2. The van der Waals surface area contributed by atoms with Crippen LogP contribution in [-0.2, 0) is 4.79 Å². The zero-order valence-corrected chi connectivity index (χ0v) is 17.4. The number of pyridine rings is 1. The standard InChI is InChI=1S/C20H25ClN4O2S/c1-22-19(26)17(9-14-5-2-3-6-14)25(20(27)18-7-4-8-28-18)13-24-16-10-15(21)11-23-12-16/h4,7-8,10-12,14,17,24H,2-3,5-6,9,13H2,1H3,(H,22,26). The van der Waals surface area contributed by atoms with E-state index in [-0.39, 0.29) is 18.5 Å². The maximum Gasteiger partial charge on any atom is 0.266 e. The molecule has 6 nitrogen and oxygen atoms in total. The molecule has 0 saturated heterocycles. The van der Waals surface area contributed by atoms with Crippen LogP contribution in [0.2, 0.25) is 5.02 Å². The number of amides is 2. The summed E-state index contributed by atoms with van der Waals surface area (Å²) in [7, 11) is 1.62. The molecule has 0 aliphatic heterocycles. The van der Waals surface area contributed by atoms with Crippen molar-refractivity contribution in [2.45, 2.75) is 38.1 Å². The molecule has 2 aromatic heterocycles. The van der Waals surface area contributed by atoms with E-state index in [1.807, 2.05) is 11.4 Å². The number of nitrogens with one attached hydrogen (secondary N) is 2. The Morgan fingerprint density at radius 2 is 2.14 bits per heavy atom. The van der Waals surface area contributed by atoms with Crippen LogP contribution in [0.5, 0.6) is 0 Å². The number of hydrogen-bond acceptors (Lipinski definition) is 5. The molecule has 0 aromatic carbocycles. The fourth-order valence-electron chi connectivity index (χ4n) is 3.65. The second-order valence-corrected chi connectivity index (χ2v) is 8.38. The van der Waals surface area contributed by atoms with Gasteiger partial charge in [0.25, 0.3) is 5.91 Å². The molecule has 1 fully saturated rings. The van der Waals surface area contributed by atoms with Gasteiger partial charge in [-0.2, -0.15) is 0 Å². The van der Waals surface area contributed by atoms with Crippen LogP contribution in [0.25, 0.3) is 0 Å². The minimum atomic E-state index is -0.526. The van der Waals surface area contributed by atoms with Crippen molar-refractivity contribution < 1.29 is 9.59 Å². The maximum absolute atomic E-state index is 13.2. The number of hydrogen-bond donors (Lipinski definition) is 2. The molecule has 0 spiro atoms. The summed E-state index contributed by atoms with van der Waals surface area (Å²) in [6.45, 7) is 0.198. The molecule has 2 amide bonds. The van der Waals surface area contributed by atoms with E-state index in [4.69, 9.17) is 11.6 Å². The van der Waals surface area contributed by atoms with E-state index in [1.165, 1.54) is 24.2 Å². The number of likely N-dealkylation sites (N-methyl/N-ethyl adjacent to an activating group) is 1. The number of aromatic nitrogens is 1. The molecule has 0 bridgehead atoms. The van der Waals surface area contributed by atoms with E-state index in [0.717, 1.165) is 12.8 Å². The minimum Gasteiger partial charge on any atom is -0.366 e. The van der Waals surface area contributed by atoms with Crippen molar-refractivity contribution in [3.8, 4) is 0 Å². The molecule has 1 saturated carbocycles. The monoisotopic (exact) mass is 420 g/mol. The Labute approximate surface area is 174 Å². The van der Waals surface area contributed by atoms with Crippen LogP contribution < -0.4 is 10.6 Å². The van der Waals surface area contributed by atoms with E-state index in [0.29, 0.717) is 27.9 Å². The van der Waals surface area contributed by atoms with Gasteiger partial charge in [-0.25, -0.2) is 0 Å². The summed E-state index contributed by atoms with van der Waals surface area (Å²) in [6.07, 6.45) is 8.47. The highest BCUT2D eigenvalue weighted by atomic mass is 35.5. The van der Waals surface area contributed by atoms with Crippen LogP contribution in [0.3, 0.4) is 0 Å². The molecule has 28 heavy (non-hydrogen) atoms. The van der Waals surface area contributed by atoms with Crippen molar-refractivity contribution in [3.63, 3.8) is 0 Å². The van der Waals surface area contributed by atoms with Gasteiger partial charge in [-0.15, -0.1) is 11.3 Å². The first-order chi connectivity index (χ1) is 13.6. The number of anilines is 1. The second kappa shape index (κ2) is 9.89. The molecule has 8 heteroatoms. The lowest BCUT2D eigenvalue weighted by atomic mass is 9.96. The van der Waals surface area contributed by atoms with Gasteiger partial charge in [0.1, 0.15) is 6.04 Å². The maximum atomic E-state index is 13.2. The van der Waals surface area contributed by atoms with Crippen molar-refractivity contribution in [1.82, 2.24) is 15.2 Å². The molecule has 1 aliphatic rings. The van der Waals surface area contributed by atoms with Gasteiger partial charge in [0.2, 0.25) is 5.91 Å². The Morgan fingerprint density at radius 1 is 1.36 bits per heavy atom. The number of carbonyl (C=O) groups excluding carboxylic acids is 2. The van der Waals surface area contributed by atoms with Crippen LogP contribution in [0, 0.1) is 5.92 Å². The third kappa shape index (κ3) is 5.23. The smallest absolute Gasteiger partial charge is 0.266 e. The van der Waals surface area contributed by atoms with Crippen LogP contribution in [0.15, 0.2) is 36.0 Å². The summed E-state index contributed by atoms with van der Waals surface area (Å²) in [5, 5.41) is 8.31. The first-order valence-electron chi connectivity index (χ1n) is 9.49. The summed E-state index contributed by atoms with van der Waals surface area (Å²) in [5.41, 5.74) is 0.702. The van der Waals surface area contributed by atoms with Gasteiger partial charge in [0.05, 0.1) is 28.5 Å². The third-order valence-electron chi connectivity index (χ3n) is 5.11. The predicted molar refractivity (Wildman–Crippen MR) is 113 cm³/mol. The summed E-state index contributed by atoms with van der Waals surface area (Å²) < 4.78 is 0. The Hall–Kier alpha value is -2.12. The van der Waals surface area contributed by atoms with Gasteiger partial charge in [-0.1, -0.05) is 43.4 Å². The molecular formula is C20H25ClN4O2S. The molecular weight excluding hydrogens is 396 g/mol. The van der Waals surface area contributed by atoms with Crippen LogP contribution in [0.1, 0.15) is 41.8 Å². The van der Waals surface area contributed by atoms with Crippen molar-refractivity contribution in [1.29, 1.82) is 0 Å². The summed E-state index contributed by atoms with van der Waals surface area (Å²) in [4.78, 5) is 32.2. The number of nitrogens with zero attached hydrogens (tertiary/aromatic N) is 2. The second-order valence-electron chi connectivity index (χ2n) is 7.00. The van der Waals surface area contributed by atoms with Crippen LogP contribution in [-0.4, -0.2) is 41.5 Å². The highest BCUT2D eigenvalue weighted by Crippen LogP contribution is 2.30. The molecule has 150 valence electrons. The first-order valence-corrected chi connectivity index (χ1v) is 10.7. The quantitative estimate of drug-likeness (QED) is 0.633. The average Bonchev–Trinajstić information content (AvgIpc) is 3.40. The van der Waals surface area contributed by atoms with Crippen LogP contribution in [0.4, 0.5) is 5.69 Å². The van der Waals surface area contributed by atoms with E-state index in [2.05, 4.69) is 15.6 Å². The Bertz CT molecular complexity index is 793. The van der Waals surface area contributed by atoms with Crippen molar-refractivity contribution in [3.05, 3.63) is 45.9 Å². The molecule has 3 rings (SSSR count). The number of thiophene rings is 1. The van der Waals surface area contributed by atoms with E-state index < -0.39 is 6.04 Å². The van der Waals surface area contributed by atoms with Crippen molar-refractivity contribution in [2.75, 3.05) is 19.0 Å². The number of rotatable bonds is 8. The molecule has 1 aliphatic carbocycles. The predicted octanol–water partition coefficient (Wildman–Crippen LogP) is 4.00. The normalized spacial score (nSPS) is 15.2. The van der Waals surface area contributed by atoms with Gasteiger partial charge < -0.3 is 15.5 Å². The van der Waals surface area contributed by atoms with Gasteiger partial charge >= 0.3 is 0 Å². The number of halogens is 1. The molecule has 2 aromatic rings. The fraction of sp³-hybridized carbons (Fsp3) is 0.450. The molecule has 1 atom stereocenters. The van der Waals surface area contributed by atoms with Gasteiger partial charge in [0.15, 0.2) is 0 Å². The molecule has 2 heterocycles. The lowest BCUT2D eigenvalue weighted by Gasteiger charge is -2.32. The van der Waals surface area contributed by atoms with Crippen molar-refractivity contribution >= 4 is 40.4 Å². The lowest BCUT2D eigenvalue weighted by Crippen LogP contribution is -2.51. The summed E-state index contributed by atoms with van der Waals surface area (Å²) in [5.74, 6) is 0.181. The molecule has 1 unspecified atom stereocenters. The summed E-state index contributed by atoms with van der Waals surface area (Å²) in [6, 6.07) is 4.85. The zero-order chi connectivity index (χ0) is 19.9. The topological polar surface area (TPSA) is 74.3 Å². The fourth-order valence-corrected chi connectivity index (χ4v) is 4.51. The SMILES string of the molecule is CNC(=O)C(CC1CCCC1)N(CNc1cncc(Cl)c1)C(=O)c1cccs1.